The monoisotopic (exact) mass is 277 g/mol. The average molecular weight is 277 g/mol. The second kappa shape index (κ2) is 5.78. The summed E-state index contributed by atoms with van der Waals surface area (Å²) in [6.07, 6.45) is 0.549. The Bertz CT molecular complexity index is 493. The molecule has 1 atom stereocenters. The van der Waals surface area contributed by atoms with E-state index in [4.69, 9.17) is 0 Å². The van der Waals surface area contributed by atoms with Gasteiger partial charge in [0.15, 0.2) is 5.12 Å². The van der Waals surface area contributed by atoms with Crippen molar-refractivity contribution in [1.82, 2.24) is 0 Å². The molecule has 0 radical (unpaired) electrons. The third kappa shape index (κ3) is 3.60. The van der Waals surface area contributed by atoms with Gasteiger partial charge in [-0.05, 0) is 43.0 Å². The van der Waals surface area contributed by atoms with Crippen molar-refractivity contribution in [1.29, 1.82) is 0 Å². The highest BCUT2D eigenvalue weighted by molar-refractivity contribution is 8.13. The van der Waals surface area contributed by atoms with Crippen molar-refractivity contribution in [3.8, 4) is 0 Å². The summed E-state index contributed by atoms with van der Waals surface area (Å²) >= 11 is 1.32. The number of nitrogens with zero attached hydrogens (tertiary/aromatic N) is 1. The van der Waals surface area contributed by atoms with Gasteiger partial charge in [-0.3, -0.25) is 9.59 Å². The molecule has 1 aromatic rings. The Morgan fingerprint density at radius 3 is 2.53 bits per heavy atom. The molecule has 0 aliphatic carbocycles. The molecule has 2 rings (SSSR count). The van der Waals surface area contributed by atoms with Crippen molar-refractivity contribution in [3.05, 3.63) is 29.3 Å². The van der Waals surface area contributed by atoms with Gasteiger partial charge in [0.2, 0.25) is 5.91 Å². The van der Waals surface area contributed by atoms with Gasteiger partial charge in [0.05, 0.1) is 0 Å². The van der Waals surface area contributed by atoms with Gasteiger partial charge in [-0.25, -0.2) is 0 Å². The minimum absolute atomic E-state index is 0.122. The number of amides is 1. The average Bonchev–Trinajstić information content (AvgIpc) is 2.66. The van der Waals surface area contributed by atoms with Crippen LogP contribution < -0.4 is 4.90 Å². The van der Waals surface area contributed by atoms with Crippen LogP contribution in [0.15, 0.2) is 18.2 Å². The molecule has 4 heteroatoms. The highest BCUT2D eigenvalue weighted by Crippen LogP contribution is 2.28. The number of hydrogen-bond acceptors (Lipinski definition) is 3. The van der Waals surface area contributed by atoms with Crippen LogP contribution in [0.2, 0.25) is 0 Å². The second-order valence-corrected chi connectivity index (χ2v) is 6.42. The summed E-state index contributed by atoms with van der Waals surface area (Å²) in [5.41, 5.74) is 3.33. The molecule has 1 saturated heterocycles. The van der Waals surface area contributed by atoms with Gasteiger partial charge in [0.1, 0.15) is 0 Å². The first kappa shape index (κ1) is 14.1. The third-order valence-corrected chi connectivity index (χ3v) is 4.29. The smallest absolute Gasteiger partial charge is 0.227 e. The topological polar surface area (TPSA) is 37.4 Å². The standard InChI is InChI=1S/C15H19NO2S/c1-10-4-11(2)6-14(5-10)16-8-13(7-15(16)18)9-19-12(3)17/h4-6,13H,7-9H2,1-3H3. The Hall–Kier alpha value is -1.29. The van der Waals surface area contributed by atoms with Crippen LogP contribution in [-0.2, 0) is 9.59 Å². The third-order valence-electron chi connectivity index (χ3n) is 3.25. The van der Waals surface area contributed by atoms with E-state index in [1.165, 1.54) is 22.9 Å². The van der Waals surface area contributed by atoms with E-state index < -0.39 is 0 Å². The summed E-state index contributed by atoms with van der Waals surface area (Å²) in [5, 5.41) is 0.122. The van der Waals surface area contributed by atoms with Crippen LogP contribution in [-0.4, -0.2) is 23.3 Å². The number of carbonyl (C=O) groups excluding carboxylic acids is 2. The SMILES string of the molecule is CC(=O)SCC1CC(=O)N(c2cc(C)cc(C)c2)C1. The molecule has 102 valence electrons. The van der Waals surface area contributed by atoms with Gasteiger partial charge in [-0.15, -0.1) is 0 Å². The molecule has 1 heterocycles. The highest BCUT2D eigenvalue weighted by atomic mass is 32.2. The highest BCUT2D eigenvalue weighted by Gasteiger charge is 2.30. The zero-order valence-corrected chi connectivity index (χ0v) is 12.4. The van der Waals surface area contributed by atoms with Gasteiger partial charge in [-0.2, -0.15) is 0 Å². The van der Waals surface area contributed by atoms with Crippen LogP contribution in [0.5, 0.6) is 0 Å². The minimum Gasteiger partial charge on any atom is -0.312 e. The first-order valence-electron chi connectivity index (χ1n) is 6.47. The molecular weight excluding hydrogens is 258 g/mol. The van der Waals surface area contributed by atoms with Crippen molar-refractivity contribution in [2.24, 2.45) is 5.92 Å². The first-order chi connectivity index (χ1) is 8.95. The molecule has 1 aliphatic rings. The predicted molar refractivity (Wildman–Crippen MR) is 79.5 cm³/mol. The molecular formula is C15H19NO2S. The molecule has 0 spiro atoms. The van der Waals surface area contributed by atoms with Crippen LogP contribution in [0.4, 0.5) is 5.69 Å². The summed E-state index contributed by atoms with van der Waals surface area (Å²) in [6, 6.07) is 6.20. The van der Waals surface area contributed by atoms with Crippen LogP contribution in [0, 0.1) is 19.8 Å². The zero-order chi connectivity index (χ0) is 14.0. The fourth-order valence-electron chi connectivity index (χ4n) is 2.48. The van der Waals surface area contributed by atoms with E-state index in [0.29, 0.717) is 6.42 Å². The lowest BCUT2D eigenvalue weighted by Crippen LogP contribution is -2.24. The maximum absolute atomic E-state index is 12.1. The molecule has 3 nitrogen and oxygen atoms in total. The molecule has 0 saturated carbocycles. The van der Waals surface area contributed by atoms with Crippen molar-refractivity contribution in [2.75, 3.05) is 17.2 Å². The Kier molecular flexibility index (Phi) is 4.30. The number of anilines is 1. The van der Waals surface area contributed by atoms with Crippen LogP contribution in [0.25, 0.3) is 0 Å². The summed E-state index contributed by atoms with van der Waals surface area (Å²) in [5.74, 6) is 1.18. The van der Waals surface area contributed by atoms with Crippen molar-refractivity contribution in [2.45, 2.75) is 27.2 Å². The van der Waals surface area contributed by atoms with E-state index in [2.05, 4.69) is 6.07 Å². The van der Waals surface area contributed by atoms with E-state index in [0.717, 1.165) is 18.0 Å². The molecule has 0 N–H and O–H groups in total. The second-order valence-electron chi connectivity index (χ2n) is 5.22. The fourth-order valence-corrected chi connectivity index (χ4v) is 3.18. The van der Waals surface area contributed by atoms with Crippen LogP contribution in [0.3, 0.4) is 0 Å². The van der Waals surface area contributed by atoms with E-state index in [9.17, 15) is 9.59 Å². The number of aryl methyl sites for hydroxylation is 2. The molecule has 1 amide bonds. The molecule has 0 aromatic heterocycles. The van der Waals surface area contributed by atoms with E-state index >= 15 is 0 Å². The van der Waals surface area contributed by atoms with Crippen molar-refractivity contribution < 1.29 is 9.59 Å². The minimum atomic E-state index is 0.122. The Labute approximate surface area is 118 Å². The molecule has 1 fully saturated rings. The van der Waals surface area contributed by atoms with E-state index in [-0.39, 0.29) is 16.9 Å². The molecule has 1 aromatic carbocycles. The number of carbonyl (C=O) groups is 2. The molecule has 0 bridgehead atoms. The van der Waals surface area contributed by atoms with Gasteiger partial charge < -0.3 is 4.90 Å². The fraction of sp³-hybridized carbons (Fsp3) is 0.467. The first-order valence-corrected chi connectivity index (χ1v) is 7.46. The van der Waals surface area contributed by atoms with E-state index in [1.54, 1.807) is 6.92 Å². The summed E-state index contributed by atoms with van der Waals surface area (Å²) in [4.78, 5) is 24.9. The Balaban J connectivity index is 2.09. The number of hydrogen-bond donors (Lipinski definition) is 0. The lowest BCUT2D eigenvalue weighted by atomic mass is 10.1. The Morgan fingerprint density at radius 2 is 1.95 bits per heavy atom. The molecule has 19 heavy (non-hydrogen) atoms. The summed E-state index contributed by atoms with van der Waals surface area (Å²) in [6.45, 7) is 6.38. The summed E-state index contributed by atoms with van der Waals surface area (Å²) in [7, 11) is 0. The molecule has 1 aliphatic heterocycles. The summed E-state index contributed by atoms with van der Waals surface area (Å²) < 4.78 is 0. The van der Waals surface area contributed by atoms with Gasteiger partial charge in [0, 0.05) is 31.3 Å². The van der Waals surface area contributed by atoms with Crippen molar-refractivity contribution in [3.63, 3.8) is 0 Å². The van der Waals surface area contributed by atoms with Crippen LogP contribution >= 0.6 is 11.8 Å². The number of benzene rings is 1. The van der Waals surface area contributed by atoms with Crippen molar-refractivity contribution >= 4 is 28.5 Å². The quantitative estimate of drug-likeness (QED) is 0.852. The van der Waals surface area contributed by atoms with E-state index in [1.807, 2.05) is 30.9 Å². The zero-order valence-electron chi connectivity index (χ0n) is 11.6. The van der Waals surface area contributed by atoms with Gasteiger partial charge >= 0.3 is 0 Å². The lowest BCUT2D eigenvalue weighted by Gasteiger charge is -2.18. The van der Waals surface area contributed by atoms with Gasteiger partial charge in [0.25, 0.3) is 0 Å². The predicted octanol–water partition coefficient (Wildman–Crippen LogP) is 2.94. The van der Waals surface area contributed by atoms with Gasteiger partial charge in [-0.1, -0.05) is 17.8 Å². The lowest BCUT2D eigenvalue weighted by molar-refractivity contribution is -0.117. The van der Waals surface area contributed by atoms with Crippen LogP contribution in [0.1, 0.15) is 24.5 Å². The Morgan fingerprint density at radius 1 is 1.32 bits per heavy atom. The maximum Gasteiger partial charge on any atom is 0.227 e. The normalized spacial score (nSPS) is 19.0. The largest absolute Gasteiger partial charge is 0.312 e. The molecule has 1 unspecified atom stereocenters. The number of rotatable bonds is 3. The maximum atomic E-state index is 12.1. The number of thioether (sulfide) groups is 1.